The normalized spacial score (nSPS) is 22.0. The predicted molar refractivity (Wildman–Crippen MR) is 82.2 cm³/mol. The average molecular weight is 292 g/mol. The van der Waals surface area contributed by atoms with Gasteiger partial charge < -0.3 is 4.90 Å². The molecule has 116 valence electrons. The Morgan fingerprint density at radius 1 is 1.24 bits per heavy atom. The molecule has 0 aliphatic carbocycles. The molecular weight excluding hydrogens is 267 g/mol. The minimum atomic E-state index is -0.255. The molecule has 1 heterocycles. The molecule has 2 rings (SSSR count). The molecule has 3 nitrogen and oxygen atoms in total. The first-order valence-corrected chi connectivity index (χ1v) is 7.99. The molecule has 0 saturated carbocycles. The van der Waals surface area contributed by atoms with Gasteiger partial charge in [-0.15, -0.1) is 0 Å². The van der Waals surface area contributed by atoms with Crippen LogP contribution in [0.25, 0.3) is 0 Å². The number of benzene rings is 1. The fourth-order valence-electron chi connectivity index (χ4n) is 2.81. The molecule has 1 aliphatic heterocycles. The van der Waals surface area contributed by atoms with E-state index >= 15 is 0 Å². The van der Waals surface area contributed by atoms with Gasteiger partial charge in [0.25, 0.3) is 0 Å². The third-order valence-electron chi connectivity index (χ3n) is 4.02. The topological polar surface area (TPSA) is 32.3 Å². The number of hydrogen-bond donors (Lipinski definition) is 1. The van der Waals surface area contributed by atoms with Crippen molar-refractivity contribution in [1.29, 1.82) is 0 Å². The van der Waals surface area contributed by atoms with E-state index in [4.69, 9.17) is 0 Å². The molecule has 1 aromatic carbocycles. The highest BCUT2D eigenvalue weighted by atomic mass is 19.1. The van der Waals surface area contributed by atoms with Crippen LogP contribution < -0.4 is 5.32 Å². The van der Waals surface area contributed by atoms with Gasteiger partial charge in [-0.2, -0.15) is 0 Å². The summed E-state index contributed by atoms with van der Waals surface area (Å²) in [6.45, 7) is 4.96. The Labute approximate surface area is 126 Å². The number of nitrogens with zero attached hydrogens (tertiary/aromatic N) is 1. The number of carbonyl (C=O) groups excluding carboxylic acids is 1. The molecule has 0 aromatic heterocycles. The largest absolute Gasteiger partial charge is 0.322 e. The van der Waals surface area contributed by atoms with E-state index in [0.29, 0.717) is 0 Å². The average Bonchev–Trinajstić information content (AvgIpc) is 2.79. The maximum atomic E-state index is 13.5. The quantitative estimate of drug-likeness (QED) is 0.832. The van der Waals surface area contributed by atoms with Crippen LogP contribution in [0.4, 0.5) is 4.39 Å². The van der Waals surface area contributed by atoms with Gasteiger partial charge in [0, 0.05) is 6.54 Å². The van der Waals surface area contributed by atoms with Crippen LogP contribution in [0, 0.1) is 5.82 Å². The van der Waals surface area contributed by atoms with E-state index in [0.717, 1.165) is 44.2 Å². The summed E-state index contributed by atoms with van der Waals surface area (Å²) in [7, 11) is 0. The molecule has 4 heteroatoms. The van der Waals surface area contributed by atoms with Crippen molar-refractivity contribution >= 4 is 5.91 Å². The molecule has 0 radical (unpaired) electrons. The maximum Gasteiger partial charge on any atom is 0.241 e. The minimum absolute atomic E-state index is 0.130. The van der Waals surface area contributed by atoms with Crippen molar-refractivity contribution in [2.45, 2.75) is 58.2 Å². The monoisotopic (exact) mass is 292 g/mol. The van der Waals surface area contributed by atoms with Gasteiger partial charge in [-0.25, -0.2) is 4.39 Å². The molecular formula is C17H25FN2O. The third kappa shape index (κ3) is 3.82. The van der Waals surface area contributed by atoms with Gasteiger partial charge in [-0.1, -0.05) is 45.2 Å². The Balaban J connectivity index is 2.17. The van der Waals surface area contributed by atoms with Crippen molar-refractivity contribution < 1.29 is 9.18 Å². The van der Waals surface area contributed by atoms with Crippen molar-refractivity contribution in [2.75, 3.05) is 6.54 Å². The number of nitrogens with one attached hydrogen (secondary N) is 1. The second-order valence-corrected chi connectivity index (χ2v) is 5.70. The van der Waals surface area contributed by atoms with E-state index < -0.39 is 0 Å². The van der Waals surface area contributed by atoms with Crippen LogP contribution in [0.3, 0.4) is 0 Å². The standard InChI is InChI=1S/C17H25FN2O/c1-3-5-10-15-17(21)20(11-6-4-2)16(19-15)13-8-7-9-14(18)12-13/h7-9,12,15-16,19H,3-6,10-11H2,1-2H3. The lowest BCUT2D eigenvalue weighted by Gasteiger charge is -2.24. The number of rotatable bonds is 7. The number of unbranched alkanes of at least 4 members (excludes halogenated alkanes) is 2. The molecule has 1 fully saturated rings. The molecule has 1 amide bonds. The zero-order chi connectivity index (χ0) is 15.2. The number of halogens is 1. The van der Waals surface area contributed by atoms with Crippen molar-refractivity contribution in [1.82, 2.24) is 10.2 Å². The van der Waals surface area contributed by atoms with Crippen LogP contribution in [-0.2, 0) is 4.79 Å². The molecule has 21 heavy (non-hydrogen) atoms. The minimum Gasteiger partial charge on any atom is -0.322 e. The highest BCUT2D eigenvalue weighted by Crippen LogP contribution is 2.28. The number of amides is 1. The summed E-state index contributed by atoms with van der Waals surface area (Å²) in [4.78, 5) is 14.4. The molecule has 2 atom stereocenters. The fourth-order valence-corrected chi connectivity index (χ4v) is 2.81. The number of hydrogen-bond acceptors (Lipinski definition) is 2. The first-order chi connectivity index (χ1) is 10.2. The van der Waals surface area contributed by atoms with E-state index in [9.17, 15) is 9.18 Å². The fraction of sp³-hybridized carbons (Fsp3) is 0.588. The van der Waals surface area contributed by atoms with E-state index in [2.05, 4.69) is 19.2 Å². The summed E-state index contributed by atoms with van der Waals surface area (Å²) in [5.74, 6) is -0.0969. The summed E-state index contributed by atoms with van der Waals surface area (Å²) in [5, 5.41) is 3.39. The summed E-state index contributed by atoms with van der Waals surface area (Å²) in [6.07, 6.45) is 4.77. The van der Waals surface area contributed by atoms with Gasteiger partial charge in [-0.05, 0) is 30.5 Å². The molecule has 0 spiro atoms. The second kappa shape index (κ2) is 7.55. The zero-order valence-electron chi connectivity index (χ0n) is 12.9. The highest BCUT2D eigenvalue weighted by molar-refractivity contribution is 5.84. The van der Waals surface area contributed by atoms with E-state index in [1.54, 1.807) is 6.07 Å². The number of carbonyl (C=O) groups is 1. The maximum absolute atomic E-state index is 13.5. The van der Waals surface area contributed by atoms with Crippen LogP contribution in [-0.4, -0.2) is 23.4 Å². The molecule has 0 bridgehead atoms. The van der Waals surface area contributed by atoms with Gasteiger partial charge in [0.2, 0.25) is 5.91 Å². The summed E-state index contributed by atoms with van der Waals surface area (Å²) < 4.78 is 13.5. The molecule has 1 N–H and O–H groups in total. The van der Waals surface area contributed by atoms with Crippen LogP contribution >= 0.6 is 0 Å². The van der Waals surface area contributed by atoms with Gasteiger partial charge in [0.05, 0.1) is 6.04 Å². The first-order valence-electron chi connectivity index (χ1n) is 7.99. The van der Waals surface area contributed by atoms with Crippen molar-refractivity contribution in [3.8, 4) is 0 Å². The van der Waals surface area contributed by atoms with Gasteiger partial charge >= 0.3 is 0 Å². The Morgan fingerprint density at radius 3 is 2.67 bits per heavy atom. The second-order valence-electron chi connectivity index (χ2n) is 5.70. The van der Waals surface area contributed by atoms with Crippen molar-refractivity contribution in [3.63, 3.8) is 0 Å². The molecule has 2 unspecified atom stereocenters. The molecule has 1 aromatic rings. The van der Waals surface area contributed by atoms with Gasteiger partial charge in [0.15, 0.2) is 0 Å². The lowest BCUT2D eigenvalue weighted by atomic mass is 10.1. The summed E-state index contributed by atoms with van der Waals surface area (Å²) in [5.41, 5.74) is 0.832. The van der Waals surface area contributed by atoms with Crippen LogP contribution in [0.15, 0.2) is 24.3 Å². The Kier molecular flexibility index (Phi) is 5.74. The van der Waals surface area contributed by atoms with Crippen LogP contribution in [0.5, 0.6) is 0 Å². The van der Waals surface area contributed by atoms with Crippen molar-refractivity contribution in [2.24, 2.45) is 0 Å². The predicted octanol–water partition coefficient (Wildman–Crippen LogP) is 3.62. The Bertz CT molecular complexity index is 478. The Hall–Kier alpha value is -1.42. The Morgan fingerprint density at radius 2 is 2.00 bits per heavy atom. The lowest BCUT2D eigenvalue weighted by Crippen LogP contribution is -2.32. The highest BCUT2D eigenvalue weighted by Gasteiger charge is 2.38. The molecule has 1 aliphatic rings. The lowest BCUT2D eigenvalue weighted by molar-refractivity contribution is -0.130. The third-order valence-corrected chi connectivity index (χ3v) is 4.02. The van der Waals surface area contributed by atoms with Crippen molar-refractivity contribution in [3.05, 3.63) is 35.6 Å². The SMILES string of the molecule is CCCCC1NC(c2cccc(F)c2)N(CCCC)C1=O. The van der Waals surface area contributed by atoms with E-state index in [1.165, 1.54) is 12.1 Å². The van der Waals surface area contributed by atoms with Crippen LogP contribution in [0.2, 0.25) is 0 Å². The molecule has 1 saturated heterocycles. The van der Waals surface area contributed by atoms with Gasteiger partial charge in [0.1, 0.15) is 12.0 Å². The van der Waals surface area contributed by atoms with Gasteiger partial charge in [-0.3, -0.25) is 10.1 Å². The summed E-state index contributed by atoms with van der Waals surface area (Å²) in [6, 6.07) is 6.41. The van der Waals surface area contributed by atoms with E-state index in [1.807, 2.05) is 11.0 Å². The zero-order valence-corrected chi connectivity index (χ0v) is 12.9. The van der Waals surface area contributed by atoms with Crippen LogP contribution in [0.1, 0.15) is 57.7 Å². The summed E-state index contributed by atoms with van der Waals surface area (Å²) >= 11 is 0. The smallest absolute Gasteiger partial charge is 0.241 e. The first kappa shape index (κ1) is 16.0. The van der Waals surface area contributed by atoms with E-state index in [-0.39, 0.29) is 23.9 Å².